The van der Waals surface area contributed by atoms with Gasteiger partial charge in [-0.3, -0.25) is 4.90 Å². The Morgan fingerprint density at radius 2 is 2.18 bits per heavy atom. The molecule has 0 amide bonds. The molecule has 114 valence electrons. The lowest BCUT2D eigenvalue weighted by molar-refractivity contribution is 0.117. The SMILES string of the molecule is CN(C)c1noc(C2CN(Cc3ccc4sccc4c3)C2)n1. The van der Waals surface area contributed by atoms with Crippen LogP contribution in [0.25, 0.3) is 10.1 Å². The van der Waals surface area contributed by atoms with E-state index >= 15 is 0 Å². The molecule has 5 nitrogen and oxygen atoms in total. The number of nitrogens with zero attached hydrogens (tertiary/aromatic N) is 4. The summed E-state index contributed by atoms with van der Waals surface area (Å²) in [6.07, 6.45) is 0. The molecule has 1 saturated heterocycles. The van der Waals surface area contributed by atoms with Crippen molar-refractivity contribution in [3.05, 3.63) is 41.1 Å². The molecule has 0 radical (unpaired) electrons. The van der Waals surface area contributed by atoms with Crippen molar-refractivity contribution < 1.29 is 4.52 Å². The van der Waals surface area contributed by atoms with Gasteiger partial charge in [-0.05, 0) is 39.7 Å². The van der Waals surface area contributed by atoms with Gasteiger partial charge in [-0.25, -0.2) is 0 Å². The van der Waals surface area contributed by atoms with E-state index in [0.29, 0.717) is 11.9 Å². The second-order valence-electron chi connectivity index (χ2n) is 6.01. The molecule has 1 fully saturated rings. The summed E-state index contributed by atoms with van der Waals surface area (Å²) in [4.78, 5) is 8.71. The fourth-order valence-electron chi connectivity index (χ4n) is 2.80. The van der Waals surface area contributed by atoms with Gasteiger partial charge in [0.25, 0.3) is 5.95 Å². The topological polar surface area (TPSA) is 45.4 Å². The normalized spacial score (nSPS) is 16.1. The number of thiophene rings is 1. The molecule has 0 spiro atoms. The lowest BCUT2D eigenvalue weighted by Gasteiger charge is -2.37. The van der Waals surface area contributed by atoms with Crippen LogP contribution in [0.2, 0.25) is 0 Å². The van der Waals surface area contributed by atoms with Crippen LogP contribution < -0.4 is 4.90 Å². The van der Waals surface area contributed by atoms with Gasteiger partial charge in [0, 0.05) is 38.4 Å². The quantitative estimate of drug-likeness (QED) is 0.741. The highest BCUT2D eigenvalue weighted by Gasteiger charge is 2.32. The highest BCUT2D eigenvalue weighted by Crippen LogP contribution is 2.29. The molecule has 0 N–H and O–H groups in total. The van der Waals surface area contributed by atoms with Crippen molar-refractivity contribution >= 4 is 27.4 Å². The van der Waals surface area contributed by atoms with E-state index in [9.17, 15) is 0 Å². The van der Waals surface area contributed by atoms with Crippen LogP contribution in [0.3, 0.4) is 0 Å². The monoisotopic (exact) mass is 314 g/mol. The van der Waals surface area contributed by atoms with Gasteiger partial charge in [0.2, 0.25) is 5.89 Å². The van der Waals surface area contributed by atoms with Crippen molar-refractivity contribution in [1.29, 1.82) is 0 Å². The van der Waals surface area contributed by atoms with E-state index in [1.165, 1.54) is 15.6 Å². The molecule has 22 heavy (non-hydrogen) atoms. The smallest absolute Gasteiger partial charge is 0.265 e. The molecule has 1 aromatic carbocycles. The summed E-state index contributed by atoms with van der Waals surface area (Å²) in [5.41, 5.74) is 1.36. The number of rotatable bonds is 4. The van der Waals surface area contributed by atoms with Gasteiger partial charge in [-0.2, -0.15) is 4.98 Å². The molecule has 0 unspecified atom stereocenters. The molecule has 3 aromatic rings. The van der Waals surface area contributed by atoms with E-state index in [-0.39, 0.29) is 0 Å². The first-order valence-corrected chi connectivity index (χ1v) is 8.26. The minimum absolute atomic E-state index is 0.367. The summed E-state index contributed by atoms with van der Waals surface area (Å²) in [6.45, 7) is 2.95. The summed E-state index contributed by atoms with van der Waals surface area (Å²) < 4.78 is 6.70. The molecule has 3 heterocycles. The maximum atomic E-state index is 5.35. The van der Waals surface area contributed by atoms with Gasteiger partial charge in [-0.15, -0.1) is 11.3 Å². The molecule has 4 rings (SSSR count). The minimum atomic E-state index is 0.367. The Bertz CT molecular complexity index is 788. The van der Waals surface area contributed by atoms with Crippen LogP contribution in [-0.2, 0) is 6.54 Å². The fraction of sp³-hybridized carbons (Fsp3) is 0.375. The van der Waals surface area contributed by atoms with Crippen LogP contribution in [0.15, 0.2) is 34.2 Å². The maximum absolute atomic E-state index is 5.35. The second kappa shape index (κ2) is 5.37. The maximum Gasteiger partial charge on any atom is 0.265 e. The summed E-state index contributed by atoms with van der Waals surface area (Å²) >= 11 is 1.79. The van der Waals surface area contributed by atoms with Crippen LogP contribution in [0.4, 0.5) is 5.95 Å². The zero-order chi connectivity index (χ0) is 15.1. The second-order valence-corrected chi connectivity index (χ2v) is 6.96. The number of fused-ring (bicyclic) bond motifs is 1. The van der Waals surface area contributed by atoms with Crippen molar-refractivity contribution in [3.63, 3.8) is 0 Å². The van der Waals surface area contributed by atoms with E-state index in [2.05, 4.69) is 44.7 Å². The van der Waals surface area contributed by atoms with Crippen LogP contribution in [0, 0.1) is 0 Å². The highest BCUT2D eigenvalue weighted by molar-refractivity contribution is 7.17. The van der Waals surface area contributed by atoms with Crippen molar-refractivity contribution in [1.82, 2.24) is 15.0 Å². The average Bonchev–Trinajstić information content (AvgIpc) is 3.10. The fourth-order valence-corrected chi connectivity index (χ4v) is 3.57. The van der Waals surface area contributed by atoms with Crippen molar-refractivity contribution in [3.8, 4) is 0 Å². The molecule has 1 aliphatic rings. The number of hydrogen-bond donors (Lipinski definition) is 0. The molecule has 0 atom stereocenters. The summed E-state index contributed by atoms with van der Waals surface area (Å²) in [7, 11) is 3.84. The lowest BCUT2D eigenvalue weighted by atomic mass is 9.99. The molecular weight excluding hydrogens is 296 g/mol. The van der Waals surface area contributed by atoms with Gasteiger partial charge >= 0.3 is 0 Å². The number of anilines is 1. The zero-order valence-electron chi connectivity index (χ0n) is 12.7. The van der Waals surface area contributed by atoms with E-state index < -0.39 is 0 Å². The van der Waals surface area contributed by atoms with Gasteiger partial charge in [0.05, 0.1) is 5.92 Å². The molecule has 2 aromatic heterocycles. The number of benzene rings is 1. The highest BCUT2D eigenvalue weighted by atomic mass is 32.1. The molecule has 1 aliphatic heterocycles. The summed E-state index contributed by atoms with van der Waals surface area (Å²) in [6, 6.07) is 8.91. The molecule has 0 bridgehead atoms. The zero-order valence-corrected chi connectivity index (χ0v) is 13.5. The minimum Gasteiger partial charge on any atom is -0.344 e. The third-order valence-electron chi connectivity index (χ3n) is 4.06. The third kappa shape index (κ3) is 2.48. The first-order chi connectivity index (χ1) is 10.7. The van der Waals surface area contributed by atoms with Gasteiger partial charge in [0.1, 0.15) is 0 Å². The molecular formula is C16H18N4OS. The largest absolute Gasteiger partial charge is 0.344 e. The standard InChI is InChI=1S/C16H18N4OS/c1-19(2)16-17-15(21-18-16)13-9-20(10-13)8-11-3-4-14-12(7-11)5-6-22-14/h3-7,13H,8-10H2,1-2H3. The lowest BCUT2D eigenvalue weighted by Crippen LogP contribution is -2.44. The Morgan fingerprint density at radius 3 is 2.95 bits per heavy atom. The Kier molecular flexibility index (Phi) is 3.35. The van der Waals surface area contributed by atoms with Crippen LogP contribution in [-0.4, -0.2) is 42.2 Å². The number of likely N-dealkylation sites (tertiary alicyclic amines) is 1. The van der Waals surface area contributed by atoms with E-state index in [1.54, 1.807) is 11.3 Å². The van der Waals surface area contributed by atoms with E-state index in [4.69, 9.17) is 4.52 Å². The van der Waals surface area contributed by atoms with Crippen LogP contribution >= 0.6 is 11.3 Å². The Morgan fingerprint density at radius 1 is 1.32 bits per heavy atom. The average molecular weight is 314 g/mol. The molecule has 6 heteroatoms. The summed E-state index contributed by atoms with van der Waals surface area (Å²) in [5, 5.41) is 7.46. The molecule has 0 saturated carbocycles. The van der Waals surface area contributed by atoms with E-state index in [1.807, 2.05) is 19.0 Å². The van der Waals surface area contributed by atoms with E-state index in [0.717, 1.165) is 25.5 Å². The van der Waals surface area contributed by atoms with Gasteiger partial charge in [-0.1, -0.05) is 6.07 Å². The van der Waals surface area contributed by atoms with Crippen molar-refractivity contribution in [2.24, 2.45) is 0 Å². The third-order valence-corrected chi connectivity index (χ3v) is 4.96. The number of aromatic nitrogens is 2. The first-order valence-electron chi connectivity index (χ1n) is 7.38. The predicted octanol–water partition coefficient (Wildman–Crippen LogP) is 2.95. The predicted molar refractivity (Wildman–Crippen MR) is 88.5 cm³/mol. The van der Waals surface area contributed by atoms with Gasteiger partial charge < -0.3 is 9.42 Å². The first kappa shape index (κ1) is 13.7. The van der Waals surface area contributed by atoms with Crippen molar-refractivity contribution in [2.75, 3.05) is 32.1 Å². The van der Waals surface area contributed by atoms with Crippen LogP contribution in [0.5, 0.6) is 0 Å². The summed E-state index contributed by atoms with van der Waals surface area (Å²) in [5.74, 6) is 1.77. The Labute approximate surface area is 133 Å². The Balaban J connectivity index is 1.38. The van der Waals surface area contributed by atoms with Crippen molar-refractivity contribution in [2.45, 2.75) is 12.5 Å². The Hall–Kier alpha value is -1.92. The van der Waals surface area contributed by atoms with Gasteiger partial charge in [0.15, 0.2) is 0 Å². The number of hydrogen-bond acceptors (Lipinski definition) is 6. The molecule has 0 aliphatic carbocycles. The van der Waals surface area contributed by atoms with Crippen LogP contribution in [0.1, 0.15) is 17.4 Å².